The molecule has 12 rings (SSSR count). The second-order valence-electron chi connectivity index (χ2n) is 16.5. The molecule has 11 aromatic rings. The third-order valence-electron chi connectivity index (χ3n) is 12.6. The molecule has 0 amide bonds. The number of para-hydroxylation sites is 3. The number of anilines is 6. The second kappa shape index (κ2) is 13.6. The standard InChI is InChI=1S/C57H40N2O2/c1-57(2)48-25-11-9-22-43(48)44-32-30-42(36-49(44)57)58(39-19-7-4-8-20-39)50-26-15-29-54-55(50)46-24-14-27-51(56(46)61-54)59(40-21-13-18-38(34-40)37-16-5-3-6-17-37)41-31-33-53-47(35-41)45-23-10-12-28-52(45)60-53/h3-36H,1-2H3. The van der Waals surface area contributed by atoms with E-state index in [1.165, 1.54) is 22.3 Å². The van der Waals surface area contributed by atoms with E-state index in [-0.39, 0.29) is 5.41 Å². The molecule has 0 fully saturated rings. The van der Waals surface area contributed by atoms with Gasteiger partial charge in [0.05, 0.1) is 16.8 Å². The molecule has 0 atom stereocenters. The molecule has 4 nitrogen and oxygen atoms in total. The zero-order valence-electron chi connectivity index (χ0n) is 33.8. The largest absolute Gasteiger partial charge is 0.456 e. The number of nitrogens with zero attached hydrogens (tertiary/aromatic N) is 2. The number of hydrogen-bond acceptors (Lipinski definition) is 4. The maximum atomic E-state index is 7.09. The SMILES string of the molecule is CC1(C)c2ccccc2-c2ccc(N(c3ccccc3)c3cccc4oc5c(N(c6cccc(-c7ccccc7)c6)c6ccc7oc8ccccc8c7c6)cccc5c34)cc21. The van der Waals surface area contributed by atoms with Crippen molar-refractivity contribution in [2.75, 3.05) is 9.80 Å². The highest BCUT2D eigenvalue weighted by atomic mass is 16.3. The van der Waals surface area contributed by atoms with Crippen molar-refractivity contribution in [3.63, 3.8) is 0 Å². The molecule has 1 aliphatic carbocycles. The first kappa shape index (κ1) is 35.2. The van der Waals surface area contributed by atoms with Crippen LogP contribution in [-0.2, 0) is 5.41 Å². The van der Waals surface area contributed by atoms with Crippen LogP contribution in [0.25, 0.3) is 66.1 Å². The molecule has 4 heteroatoms. The van der Waals surface area contributed by atoms with Crippen molar-refractivity contribution >= 4 is 78.0 Å². The summed E-state index contributed by atoms with van der Waals surface area (Å²) in [6.45, 7) is 4.68. The van der Waals surface area contributed by atoms with Crippen LogP contribution in [0.1, 0.15) is 25.0 Å². The maximum absolute atomic E-state index is 7.09. The molecule has 0 unspecified atom stereocenters. The van der Waals surface area contributed by atoms with Crippen LogP contribution in [0.3, 0.4) is 0 Å². The fourth-order valence-corrected chi connectivity index (χ4v) is 9.75. The van der Waals surface area contributed by atoms with Gasteiger partial charge in [-0.25, -0.2) is 0 Å². The minimum atomic E-state index is -0.138. The van der Waals surface area contributed by atoms with Crippen LogP contribution in [0.15, 0.2) is 215 Å². The highest BCUT2D eigenvalue weighted by Crippen LogP contribution is 2.52. The van der Waals surface area contributed by atoms with E-state index in [2.05, 4.69) is 218 Å². The normalized spacial score (nSPS) is 12.9. The summed E-state index contributed by atoms with van der Waals surface area (Å²) in [4.78, 5) is 4.72. The van der Waals surface area contributed by atoms with Gasteiger partial charge in [0.15, 0.2) is 5.58 Å². The lowest BCUT2D eigenvalue weighted by molar-refractivity contribution is 0.660. The van der Waals surface area contributed by atoms with Gasteiger partial charge in [0.1, 0.15) is 16.7 Å². The molecule has 0 aliphatic heterocycles. The Balaban J connectivity index is 1.08. The Labute approximate surface area is 354 Å². The number of fused-ring (bicyclic) bond motifs is 9. The van der Waals surface area contributed by atoms with Crippen molar-refractivity contribution in [2.24, 2.45) is 0 Å². The van der Waals surface area contributed by atoms with E-state index in [4.69, 9.17) is 8.83 Å². The molecular weight excluding hydrogens is 745 g/mol. The molecule has 0 N–H and O–H groups in total. The summed E-state index contributed by atoms with van der Waals surface area (Å²) < 4.78 is 13.4. The van der Waals surface area contributed by atoms with Crippen molar-refractivity contribution in [3.8, 4) is 22.3 Å². The maximum Gasteiger partial charge on any atom is 0.159 e. The lowest BCUT2D eigenvalue weighted by Gasteiger charge is -2.28. The first-order chi connectivity index (χ1) is 30.0. The van der Waals surface area contributed by atoms with Gasteiger partial charge in [-0.1, -0.05) is 141 Å². The van der Waals surface area contributed by atoms with Crippen molar-refractivity contribution in [3.05, 3.63) is 217 Å². The first-order valence-electron chi connectivity index (χ1n) is 20.9. The van der Waals surface area contributed by atoms with Crippen LogP contribution in [0.5, 0.6) is 0 Å². The van der Waals surface area contributed by atoms with Crippen LogP contribution < -0.4 is 9.80 Å². The fraction of sp³-hybridized carbons (Fsp3) is 0.0526. The lowest BCUT2D eigenvalue weighted by atomic mass is 9.82. The van der Waals surface area contributed by atoms with Crippen molar-refractivity contribution < 1.29 is 8.83 Å². The lowest BCUT2D eigenvalue weighted by Crippen LogP contribution is -2.16. The molecule has 0 radical (unpaired) electrons. The average Bonchev–Trinajstić information content (AvgIpc) is 3.96. The minimum Gasteiger partial charge on any atom is -0.456 e. The monoisotopic (exact) mass is 784 g/mol. The number of hydrogen-bond donors (Lipinski definition) is 0. The van der Waals surface area contributed by atoms with Crippen molar-refractivity contribution in [2.45, 2.75) is 19.3 Å². The Morgan fingerprint density at radius 1 is 0.361 bits per heavy atom. The molecule has 2 heterocycles. The van der Waals surface area contributed by atoms with E-state index >= 15 is 0 Å². The topological polar surface area (TPSA) is 32.8 Å². The Morgan fingerprint density at radius 2 is 0.951 bits per heavy atom. The molecule has 9 aromatic carbocycles. The molecule has 0 saturated carbocycles. The highest BCUT2D eigenvalue weighted by Gasteiger charge is 2.36. The van der Waals surface area contributed by atoms with E-state index < -0.39 is 0 Å². The minimum absolute atomic E-state index is 0.138. The van der Waals surface area contributed by atoms with Gasteiger partial charge < -0.3 is 18.6 Å². The van der Waals surface area contributed by atoms with Crippen LogP contribution in [0.2, 0.25) is 0 Å². The summed E-state index contributed by atoms with van der Waals surface area (Å²) in [7, 11) is 0. The van der Waals surface area contributed by atoms with Gasteiger partial charge in [-0.2, -0.15) is 0 Å². The van der Waals surface area contributed by atoms with Crippen LogP contribution in [0.4, 0.5) is 34.1 Å². The smallest absolute Gasteiger partial charge is 0.159 e. The summed E-state index contributed by atoms with van der Waals surface area (Å²) in [5, 5.41) is 4.25. The van der Waals surface area contributed by atoms with Crippen molar-refractivity contribution in [1.29, 1.82) is 0 Å². The number of rotatable bonds is 7. The van der Waals surface area contributed by atoms with Gasteiger partial charge >= 0.3 is 0 Å². The molecule has 0 bridgehead atoms. The van der Waals surface area contributed by atoms with Crippen LogP contribution >= 0.6 is 0 Å². The number of furan rings is 2. The predicted octanol–water partition coefficient (Wildman–Crippen LogP) is 16.4. The van der Waals surface area contributed by atoms with Crippen LogP contribution in [-0.4, -0.2) is 0 Å². The van der Waals surface area contributed by atoms with Gasteiger partial charge in [0.25, 0.3) is 0 Å². The van der Waals surface area contributed by atoms with Gasteiger partial charge in [0.2, 0.25) is 0 Å². The van der Waals surface area contributed by atoms with Gasteiger partial charge in [-0.3, -0.25) is 0 Å². The summed E-state index contributed by atoms with van der Waals surface area (Å²) in [6.07, 6.45) is 0. The van der Waals surface area contributed by atoms with Gasteiger partial charge in [-0.05, 0) is 112 Å². The Morgan fingerprint density at radius 3 is 1.84 bits per heavy atom. The van der Waals surface area contributed by atoms with E-state index in [1.54, 1.807) is 0 Å². The summed E-state index contributed by atoms with van der Waals surface area (Å²) in [5.74, 6) is 0. The van der Waals surface area contributed by atoms with Gasteiger partial charge in [0, 0.05) is 44.3 Å². The van der Waals surface area contributed by atoms with Gasteiger partial charge in [-0.15, -0.1) is 0 Å². The molecule has 2 aromatic heterocycles. The molecule has 1 aliphatic rings. The number of benzene rings is 9. The molecule has 61 heavy (non-hydrogen) atoms. The Hall–Kier alpha value is -7.82. The zero-order valence-corrected chi connectivity index (χ0v) is 33.8. The molecule has 0 spiro atoms. The molecule has 0 saturated heterocycles. The summed E-state index contributed by atoms with van der Waals surface area (Å²) in [6, 6.07) is 73.5. The summed E-state index contributed by atoms with van der Waals surface area (Å²) >= 11 is 0. The zero-order chi connectivity index (χ0) is 40.7. The van der Waals surface area contributed by atoms with E-state index in [9.17, 15) is 0 Å². The van der Waals surface area contributed by atoms with E-state index in [0.29, 0.717) is 0 Å². The Kier molecular flexibility index (Phi) is 7.85. The van der Waals surface area contributed by atoms with Crippen LogP contribution in [0, 0.1) is 0 Å². The molecular formula is C57H40N2O2. The predicted molar refractivity (Wildman–Crippen MR) is 253 cm³/mol. The fourth-order valence-electron chi connectivity index (χ4n) is 9.75. The quantitative estimate of drug-likeness (QED) is 0.161. The first-order valence-corrected chi connectivity index (χ1v) is 20.9. The highest BCUT2D eigenvalue weighted by molar-refractivity contribution is 6.17. The third kappa shape index (κ3) is 5.53. The van der Waals surface area contributed by atoms with Crippen molar-refractivity contribution in [1.82, 2.24) is 0 Å². The molecule has 290 valence electrons. The van der Waals surface area contributed by atoms with E-state index in [0.717, 1.165) is 89.1 Å². The second-order valence-corrected chi connectivity index (χ2v) is 16.5. The average molecular weight is 785 g/mol. The third-order valence-corrected chi connectivity index (χ3v) is 12.6. The van der Waals surface area contributed by atoms with E-state index in [1.807, 2.05) is 12.1 Å². The Bertz CT molecular complexity index is 3470. The summed E-state index contributed by atoms with van der Waals surface area (Å²) in [5.41, 5.74) is 17.0.